The highest BCUT2D eigenvalue weighted by Crippen LogP contribution is 2.37. The maximum Gasteiger partial charge on any atom is 0.217 e. The van der Waals surface area contributed by atoms with Gasteiger partial charge >= 0.3 is 0 Å². The molecule has 0 aliphatic carbocycles. The van der Waals surface area contributed by atoms with Crippen LogP contribution in [0.5, 0.6) is 0 Å². The van der Waals surface area contributed by atoms with Crippen molar-refractivity contribution in [3.05, 3.63) is 35.9 Å². The van der Waals surface area contributed by atoms with E-state index in [9.17, 15) is 9.90 Å². The van der Waals surface area contributed by atoms with Gasteiger partial charge in [0.2, 0.25) is 5.91 Å². The molecule has 1 aromatic carbocycles. The van der Waals surface area contributed by atoms with Crippen molar-refractivity contribution in [1.29, 1.82) is 0 Å². The highest BCUT2D eigenvalue weighted by Gasteiger charge is 2.48. The number of benzene rings is 1. The SMILES string of the molecule is CO[C@@H]1O[C@H](CO[Si](C)(C)C(C)(C)C)[C@@H](O)[C@H](OCc2ccccc2)[C@H]1NC(C)=O. The van der Waals surface area contributed by atoms with E-state index >= 15 is 0 Å². The maximum atomic E-state index is 11.8. The van der Waals surface area contributed by atoms with E-state index in [0.29, 0.717) is 6.61 Å². The third kappa shape index (κ3) is 6.35. The summed E-state index contributed by atoms with van der Waals surface area (Å²) >= 11 is 0. The Labute approximate surface area is 181 Å². The molecule has 2 rings (SSSR count). The monoisotopic (exact) mass is 439 g/mol. The van der Waals surface area contributed by atoms with Crippen LogP contribution in [0, 0.1) is 0 Å². The molecule has 2 N–H and O–H groups in total. The third-order valence-corrected chi connectivity index (χ3v) is 10.5. The van der Waals surface area contributed by atoms with Crippen LogP contribution in [0.1, 0.15) is 33.3 Å². The smallest absolute Gasteiger partial charge is 0.217 e. The fourth-order valence-corrected chi connectivity index (χ4v) is 4.13. The van der Waals surface area contributed by atoms with E-state index in [0.717, 1.165) is 5.56 Å². The van der Waals surface area contributed by atoms with Gasteiger partial charge in [0.15, 0.2) is 14.6 Å². The fraction of sp³-hybridized carbons (Fsp3) is 0.682. The van der Waals surface area contributed by atoms with Gasteiger partial charge in [-0.2, -0.15) is 0 Å². The number of amides is 1. The first kappa shape index (κ1) is 25.0. The van der Waals surface area contributed by atoms with Gasteiger partial charge in [-0.1, -0.05) is 51.1 Å². The Morgan fingerprint density at radius 3 is 2.40 bits per heavy atom. The highest BCUT2D eigenvalue weighted by molar-refractivity contribution is 6.74. The van der Waals surface area contributed by atoms with Gasteiger partial charge in [0.05, 0.1) is 13.2 Å². The molecule has 170 valence electrons. The van der Waals surface area contributed by atoms with Gasteiger partial charge in [-0.25, -0.2) is 0 Å². The van der Waals surface area contributed by atoms with E-state index in [1.165, 1.54) is 14.0 Å². The lowest BCUT2D eigenvalue weighted by atomic mass is 9.96. The van der Waals surface area contributed by atoms with Crippen molar-refractivity contribution in [2.24, 2.45) is 0 Å². The summed E-state index contributed by atoms with van der Waals surface area (Å²) in [4.78, 5) is 11.8. The van der Waals surface area contributed by atoms with Gasteiger partial charge in [-0.05, 0) is 23.7 Å². The first-order valence-electron chi connectivity index (χ1n) is 10.4. The van der Waals surface area contributed by atoms with Crippen molar-refractivity contribution >= 4 is 14.2 Å². The number of ether oxygens (including phenoxy) is 3. The van der Waals surface area contributed by atoms with Gasteiger partial charge in [-0.3, -0.25) is 4.79 Å². The molecule has 1 aliphatic heterocycles. The first-order chi connectivity index (χ1) is 14.0. The predicted molar refractivity (Wildman–Crippen MR) is 117 cm³/mol. The van der Waals surface area contributed by atoms with Crippen molar-refractivity contribution in [1.82, 2.24) is 5.32 Å². The van der Waals surface area contributed by atoms with Gasteiger partial charge in [-0.15, -0.1) is 0 Å². The standard InChI is InChI=1S/C22H37NO6Si/c1-15(24)23-18-20(27-13-16-11-9-8-10-12-16)19(25)17(29-21(18)26-5)14-28-30(6,7)22(2,3)4/h8-12,17-21,25H,13-14H2,1-7H3,(H,23,24)/t17-,18-,19-,20-,21-/m1/s1. The summed E-state index contributed by atoms with van der Waals surface area (Å²) in [7, 11) is -0.518. The Bertz CT molecular complexity index is 678. The molecule has 1 aromatic rings. The minimum Gasteiger partial charge on any atom is -0.414 e. The van der Waals surface area contributed by atoms with Crippen molar-refractivity contribution in [3.63, 3.8) is 0 Å². The normalized spacial score (nSPS) is 27.7. The summed E-state index contributed by atoms with van der Waals surface area (Å²) in [6.45, 7) is 12.7. The zero-order chi connectivity index (χ0) is 22.5. The molecule has 0 bridgehead atoms. The van der Waals surface area contributed by atoms with Crippen LogP contribution >= 0.6 is 0 Å². The molecule has 7 nitrogen and oxygen atoms in total. The Hall–Kier alpha value is -1.29. The molecule has 0 radical (unpaired) electrons. The average molecular weight is 440 g/mol. The number of methoxy groups -OCH3 is 1. The number of hydrogen-bond acceptors (Lipinski definition) is 6. The summed E-state index contributed by atoms with van der Waals surface area (Å²) in [5.74, 6) is -0.248. The molecule has 1 heterocycles. The predicted octanol–water partition coefficient (Wildman–Crippen LogP) is 2.83. The van der Waals surface area contributed by atoms with Gasteiger partial charge < -0.3 is 29.1 Å². The lowest BCUT2D eigenvalue weighted by Gasteiger charge is -2.45. The Morgan fingerprint density at radius 2 is 1.87 bits per heavy atom. The van der Waals surface area contributed by atoms with Crippen molar-refractivity contribution in [2.75, 3.05) is 13.7 Å². The molecule has 1 amide bonds. The summed E-state index contributed by atoms with van der Waals surface area (Å²) in [5.41, 5.74) is 0.973. The number of carbonyl (C=O) groups excluding carboxylic acids is 1. The molecule has 5 atom stereocenters. The van der Waals surface area contributed by atoms with Crippen molar-refractivity contribution < 1.29 is 28.5 Å². The zero-order valence-corrected chi connectivity index (χ0v) is 20.2. The topological polar surface area (TPSA) is 86.2 Å². The lowest BCUT2D eigenvalue weighted by molar-refractivity contribution is -0.270. The van der Waals surface area contributed by atoms with Gasteiger partial charge in [0.1, 0.15) is 24.4 Å². The third-order valence-electron chi connectivity index (χ3n) is 5.98. The van der Waals surface area contributed by atoms with Crippen LogP contribution in [0.2, 0.25) is 18.1 Å². The summed E-state index contributed by atoms with van der Waals surface area (Å²) in [6.07, 6.45) is -3.08. The van der Waals surface area contributed by atoms with Crippen LogP contribution in [0.15, 0.2) is 30.3 Å². The second-order valence-corrected chi connectivity index (χ2v) is 14.1. The van der Waals surface area contributed by atoms with Crippen LogP contribution in [-0.4, -0.2) is 63.7 Å². The minimum atomic E-state index is -2.03. The van der Waals surface area contributed by atoms with Gasteiger partial charge in [0, 0.05) is 14.0 Å². The number of nitrogens with one attached hydrogen (secondary N) is 1. The summed E-state index contributed by atoms with van der Waals surface area (Å²) in [6, 6.07) is 9.05. The Morgan fingerprint density at radius 1 is 1.23 bits per heavy atom. The average Bonchev–Trinajstić information content (AvgIpc) is 2.66. The second-order valence-electron chi connectivity index (χ2n) is 9.33. The molecule has 1 saturated heterocycles. The van der Waals surface area contributed by atoms with Crippen LogP contribution in [0.3, 0.4) is 0 Å². The van der Waals surface area contributed by atoms with Crippen molar-refractivity contribution in [3.8, 4) is 0 Å². The van der Waals surface area contributed by atoms with E-state index in [1.807, 2.05) is 30.3 Å². The van der Waals surface area contributed by atoms with Crippen LogP contribution in [-0.2, 0) is 30.0 Å². The van der Waals surface area contributed by atoms with Crippen LogP contribution in [0.25, 0.3) is 0 Å². The van der Waals surface area contributed by atoms with Gasteiger partial charge in [0.25, 0.3) is 0 Å². The fourth-order valence-electron chi connectivity index (χ4n) is 3.12. The molecule has 1 fully saturated rings. The molecule has 0 saturated carbocycles. The maximum absolute atomic E-state index is 11.8. The zero-order valence-electron chi connectivity index (χ0n) is 19.2. The highest BCUT2D eigenvalue weighted by atomic mass is 28.4. The second kappa shape index (κ2) is 10.3. The molecule has 8 heteroatoms. The van der Waals surface area contributed by atoms with E-state index < -0.39 is 39.0 Å². The van der Waals surface area contributed by atoms with Crippen LogP contribution in [0.4, 0.5) is 0 Å². The minimum absolute atomic E-state index is 0.0369. The summed E-state index contributed by atoms with van der Waals surface area (Å²) in [5, 5.41) is 13.9. The molecule has 0 unspecified atom stereocenters. The molecule has 0 aromatic heterocycles. The van der Waals surface area contributed by atoms with E-state index in [2.05, 4.69) is 39.2 Å². The van der Waals surface area contributed by atoms with Crippen LogP contribution < -0.4 is 5.32 Å². The van der Waals surface area contributed by atoms with E-state index in [-0.39, 0.29) is 17.6 Å². The quantitative estimate of drug-likeness (QED) is 0.606. The molecule has 1 aliphatic rings. The molecular weight excluding hydrogens is 402 g/mol. The molecular formula is C22H37NO6Si. The Kier molecular flexibility index (Phi) is 8.61. The largest absolute Gasteiger partial charge is 0.414 e. The van der Waals surface area contributed by atoms with Crippen molar-refractivity contribution in [2.45, 2.75) is 83.1 Å². The van der Waals surface area contributed by atoms with E-state index in [4.69, 9.17) is 18.6 Å². The molecule has 30 heavy (non-hydrogen) atoms. The molecule has 0 spiro atoms. The Balaban J connectivity index is 2.18. The number of hydrogen-bond donors (Lipinski definition) is 2. The first-order valence-corrected chi connectivity index (χ1v) is 13.3. The number of carbonyl (C=O) groups is 1. The number of rotatable bonds is 8. The number of aliphatic hydroxyl groups excluding tert-OH is 1. The lowest BCUT2D eigenvalue weighted by Crippen LogP contribution is -2.65. The number of aliphatic hydroxyl groups is 1. The summed E-state index contributed by atoms with van der Waals surface area (Å²) < 4.78 is 23.8. The van der Waals surface area contributed by atoms with E-state index in [1.54, 1.807) is 0 Å².